The number of aromatic nitrogens is 3. The van der Waals surface area contributed by atoms with E-state index in [0.717, 1.165) is 22.4 Å². The van der Waals surface area contributed by atoms with E-state index in [1.165, 1.54) is 12.4 Å². The Morgan fingerprint density at radius 2 is 2.06 bits per heavy atom. The van der Waals surface area contributed by atoms with Crippen LogP contribution in [0.1, 0.15) is 29.2 Å². The maximum absolute atomic E-state index is 14.7. The molecule has 0 amide bonds. The number of hydrogen-bond acceptors (Lipinski definition) is 7. The Kier molecular flexibility index (Phi) is 6.69. The lowest BCUT2D eigenvalue weighted by molar-refractivity contribution is 0.0698. The fourth-order valence-electron chi connectivity index (χ4n) is 3.91. The Morgan fingerprint density at radius 1 is 1.26 bits per heavy atom. The van der Waals surface area contributed by atoms with Gasteiger partial charge in [0.25, 0.3) is 0 Å². The zero-order valence-electron chi connectivity index (χ0n) is 19.3. The number of aryl methyl sites for hydroxylation is 1. The van der Waals surface area contributed by atoms with E-state index in [9.17, 15) is 14.3 Å². The summed E-state index contributed by atoms with van der Waals surface area (Å²) in [4.78, 5) is 20.9. The number of fused-ring (bicyclic) bond motifs is 1. The zero-order valence-corrected chi connectivity index (χ0v) is 20.1. The van der Waals surface area contributed by atoms with Crippen molar-refractivity contribution in [2.75, 3.05) is 19.0 Å². The molecule has 34 heavy (non-hydrogen) atoms. The summed E-state index contributed by atoms with van der Waals surface area (Å²) < 4.78 is 27.4. The molecule has 3 heterocycles. The van der Waals surface area contributed by atoms with Gasteiger partial charge < -0.3 is 24.5 Å². The van der Waals surface area contributed by atoms with Crippen LogP contribution in [0.25, 0.3) is 21.5 Å². The highest BCUT2D eigenvalue weighted by molar-refractivity contribution is 7.17. The van der Waals surface area contributed by atoms with Crippen LogP contribution < -0.4 is 14.8 Å². The lowest BCUT2D eigenvalue weighted by Crippen LogP contribution is -2.23. The maximum atomic E-state index is 14.7. The summed E-state index contributed by atoms with van der Waals surface area (Å²) >= 11 is 1.10. The first-order chi connectivity index (χ1) is 16.3. The van der Waals surface area contributed by atoms with Crippen LogP contribution in [-0.4, -0.2) is 45.4 Å². The number of benzene rings is 1. The fraction of sp³-hybridized carbons (Fsp3) is 0.292. The second-order valence-corrected chi connectivity index (χ2v) is 8.84. The number of aromatic carboxylic acids is 1. The minimum Gasteiger partial charge on any atom is -0.496 e. The van der Waals surface area contributed by atoms with Gasteiger partial charge in [0.1, 0.15) is 29.5 Å². The van der Waals surface area contributed by atoms with Crippen LogP contribution in [0.4, 0.5) is 10.2 Å². The molecule has 0 bridgehead atoms. The summed E-state index contributed by atoms with van der Waals surface area (Å²) in [5.41, 5.74) is 2.00. The zero-order chi connectivity index (χ0) is 24.4. The summed E-state index contributed by atoms with van der Waals surface area (Å²) in [5.74, 6) is 0.176. The molecule has 10 heteroatoms. The molecule has 4 rings (SSSR count). The Labute approximate surface area is 200 Å². The van der Waals surface area contributed by atoms with Crippen LogP contribution >= 0.6 is 11.3 Å². The van der Waals surface area contributed by atoms with Crippen molar-refractivity contribution in [3.63, 3.8) is 0 Å². The van der Waals surface area contributed by atoms with Gasteiger partial charge in [0.2, 0.25) is 0 Å². The summed E-state index contributed by atoms with van der Waals surface area (Å²) in [5, 5.41) is 13.5. The molecule has 0 aliphatic rings. The van der Waals surface area contributed by atoms with E-state index in [1.807, 2.05) is 24.5 Å². The third-order valence-electron chi connectivity index (χ3n) is 5.36. The molecule has 0 saturated heterocycles. The number of hydrogen-bond donors (Lipinski definition) is 2. The van der Waals surface area contributed by atoms with Crippen molar-refractivity contribution in [3.05, 3.63) is 53.0 Å². The quantitative estimate of drug-likeness (QED) is 0.336. The fourth-order valence-corrected chi connectivity index (χ4v) is 4.82. The number of thiophene rings is 1. The molecule has 0 spiro atoms. The van der Waals surface area contributed by atoms with E-state index in [0.29, 0.717) is 46.6 Å². The summed E-state index contributed by atoms with van der Waals surface area (Å²) in [6, 6.07) is 8.30. The van der Waals surface area contributed by atoms with Gasteiger partial charge in [-0.05, 0) is 39.0 Å². The van der Waals surface area contributed by atoms with E-state index in [1.54, 1.807) is 32.2 Å². The molecular formula is C24H25FN4O4S. The van der Waals surface area contributed by atoms with E-state index in [2.05, 4.69) is 15.3 Å². The third-order valence-corrected chi connectivity index (χ3v) is 6.49. The monoisotopic (exact) mass is 484 g/mol. The number of carboxylic acid groups (broad SMARTS) is 1. The van der Waals surface area contributed by atoms with Gasteiger partial charge in [-0.1, -0.05) is 0 Å². The van der Waals surface area contributed by atoms with Crippen LogP contribution in [0.5, 0.6) is 11.5 Å². The topological polar surface area (TPSA) is 98.5 Å². The number of ether oxygens (including phenoxy) is 2. The van der Waals surface area contributed by atoms with Crippen LogP contribution in [-0.2, 0) is 6.54 Å². The predicted molar refractivity (Wildman–Crippen MR) is 130 cm³/mol. The molecule has 0 aliphatic carbocycles. The standard InChI is InChI=1S/C24H25FN4O4S/c1-5-33-19-10-20(34-23(19)24(30)31)17-9-21(27-12-26-17)28-13(2)11-29-14(3)8-15-18(32-4)7-6-16(25)22(15)29/h6-10,12-13H,5,11H2,1-4H3,(H,30,31)(H,26,27,28). The molecule has 0 radical (unpaired) electrons. The Bertz CT molecular complexity index is 1350. The van der Waals surface area contributed by atoms with Gasteiger partial charge in [0, 0.05) is 35.8 Å². The molecule has 1 unspecified atom stereocenters. The van der Waals surface area contributed by atoms with Gasteiger partial charge in [-0.2, -0.15) is 0 Å². The summed E-state index contributed by atoms with van der Waals surface area (Å²) in [6.45, 7) is 6.57. The number of halogens is 1. The van der Waals surface area contributed by atoms with E-state index in [-0.39, 0.29) is 16.7 Å². The molecule has 1 atom stereocenters. The number of methoxy groups -OCH3 is 1. The van der Waals surface area contributed by atoms with Gasteiger partial charge in [-0.3, -0.25) is 0 Å². The predicted octanol–water partition coefficient (Wildman–Crippen LogP) is 5.21. The second kappa shape index (κ2) is 9.68. The Balaban J connectivity index is 1.57. The molecule has 1 aromatic carbocycles. The average molecular weight is 485 g/mol. The van der Waals surface area contributed by atoms with Crippen LogP contribution in [0, 0.1) is 12.7 Å². The number of carbonyl (C=O) groups is 1. The van der Waals surface area contributed by atoms with Crippen molar-refractivity contribution in [1.82, 2.24) is 14.5 Å². The minimum absolute atomic E-state index is 0.0976. The lowest BCUT2D eigenvalue weighted by Gasteiger charge is -2.18. The van der Waals surface area contributed by atoms with E-state index < -0.39 is 5.97 Å². The first-order valence-electron chi connectivity index (χ1n) is 10.7. The number of nitrogens with one attached hydrogen (secondary N) is 1. The maximum Gasteiger partial charge on any atom is 0.349 e. The largest absolute Gasteiger partial charge is 0.496 e. The number of anilines is 1. The van der Waals surface area contributed by atoms with Gasteiger partial charge in [0.15, 0.2) is 4.88 Å². The first kappa shape index (κ1) is 23.5. The van der Waals surface area contributed by atoms with Gasteiger partial charge in [-0.15, -0.1) is 11.3 Å². The molecule has 0 fully saturated rings. The minimum atomic E-state index is -1.04. The molecule has 8 nitrogen and oxygen atoms in total. The highest BCUT2D eigenvalue weighted by atomic mass is 32.1. The SMILES string of the molecule is CCOc1cc(-c2cc(NC(C)Cn3c(C)cc4c(OC)ccc(F)c43)ncn2)sc1C(=O)O. The molecule has 2 N–H and O–H groups in total. The van der Waals surface area contributed by atoms with Crippen molar-refractivity contribution < 1.29 is 23.8 Å². The van der Waals surface area contributed by atoms with Crippen LogP contribution in [0.2, 0.25) is 0 Å². The van der Waals surface area contributed by atoms with Gasteiger partial charge in [0.05, 0.1) is 29.8 Å². The highest BCUT2D eigenvalue weighted by Gasteiger charge is 2.19. The first-order valence-corrected chi connectivity index (χ1v) is 11.5. The average Bonchev–Trinajstić information content (AvgIpc) is 3.37. The molecule has 178 valence electrons. The molecule has 4 aromatic rings. The lowest BCUT2D eigenvalue weighted by atomic mass is 10.2. The van der Waals surface area contributed by atoms with E-state index >= 15 is 0 Å². The van der Waals surface area contributed by atoms with Crippen LogP contribution in [0.3, 0.4) is 0 Å². The van der Waals surface area contributed by atoms with Crippen LogP contribution in [0.15, 0.2) is 36.7 Å². The Hall–Kier alpha value is -3.66. The molecule has 0 aliphatic heterocycles. The van der Waals surface area contributed by atoms with Crippen molar-refractivity contribution in [1.29, 1.82) is 0 Å². The summed E-state index contributed by atoms with van der Waals surface area (Å²) in [6.07, 6.45) is 1.42. The van der Waals surface area contributed by atoms with Crippen molar-refractivity contribution in [3.8, 4) is 22.1 Å². The van der Waals surface area contributed by atoms with E-state index in [4.69, 9.17) is 9.47 Å². The van der Waals surface area contributed by atoms with Gasteiger partial charge in [-0.25, -0.2) is 19.2 Å². The molecule has 0 saturated carbocycles. The van der Waals surface area contributed by atoms with Crippen molar-refractivity contribution in [2.45, 2.75) is 33.4 Å². The number of rotatable bonds is 9. The smallest absolute Gasteiger partial charge is 0.349 e. The normalized spacial score (nSPS) is 12.0. The third kappa shape index (κ3) is 4.54. The van der Waals surface area contributed by atoms with Crippen molar-refractivity contribution in [2.24, 2.45) is 0 Å². The number of carboxylic acids is 1. The van der Waals surface area contributed by atoms with Gasteiger partial charge >= 0.3 is 5.97 Å². The number of nitrogens with zero attached hydrogens (tertiary/aromatic N) is 3. The molecule has 3 aromatic heterocycles. The Morgan fingerprint density at radius 3 is 2.76 bits per heavy atom. The highest BCUT2D eigenvalue weighted by Crippen LogP contribution is 2.36. The molecular weight excluding hydrogens is 459 g/mol. The summed E-state index contributed by atoms with van der Waals surface area (Å²) in [7, 11) is 1.57. The van der Waals surface area contributed by atoms with Crippen molar-refractivity contribution >= 4 is 34.0 Å². The second-order valence-electron chi connectivity index (χ2n) is 7.78.